The predicted octanol–water partition coefficient (Wildman–Crippen LogP) is 3.14. The average molecular weight is 300 g/mol. The molecule has 0 aliphatic rings. The Balaban J connectivity index is 0.000000241. The molecule has 0 spiro atoms. The van der Waals surface area contributed by atoms with Gasteiger partial charge in [0.25, 0.3) is 0 Å². The second-order valence-electron chi connectivity index (χ2n) is 2.69. The van der Waals surface area contributed by atoms with Gasteiger partial charge in [-0.25, -0.2) is 0 Å². The van der Waals surface area contributed by atoms with Crippen molar-refractivity contribution in [3.8, 4) is 0 Å². The quantitative estimate of drug-likeness (QED) is 0.581. The summed E-state index contributed by atoms with van der Waals surface area (Å²) < 4.78 is 1.20. The normalized spacial score (nSPS) is 9.71. The molecule has 0 N–H and O–H groups in total. The van der Waals surface area contributed by atoms with E-state index in [1.165, 1.54) is 9.18 Å². The van der Waals surface area contributed by atoms with Crippen molar-refractivity contribution in [2.75, 3.05) is 0 Å². The molecule has 1 aromatic carbocycles. The molecule has 0 aliphatic heterocycles. The molecule has 0 saturated carbocycles. The molecule has 0 aromatic heterocycles. The summed E-state index contributed by atoms with van der Waals surface area (Å²) >= 11 is 1.65. The van der Waals surface area contributed by atoms with Gasteiger partial charge in [-0.15, -0.1) is 0 Å². The summed E-state index contributed by atoms with van der Waals surface area (Å²) in [5, 5.41) is 0. The molecule has 1 aromatic rings. The maximum Gasteiger partial charge on any atom is -0.0398 e. The summed E-state index contributed by atoms with van der Waals surface area (Å²) in [5.41, 5.74) is 1.32. The van der Waals surface area contributed by atoms with Gasteiger partial charge in [-0.05, 0) is 6.92 Å². The van der Waals surface area contributed by atoms with Crippen molar-refractivity contribution in [2.45, 2.75) is 6.92 Å². The second kappa shape index (κ2) is 8.81. The standard InChI is InChI=1S/C7H8.C6H8Te/c1-7-5-3-2-4-6-7;1-3-5-6(7)4-2/h2-6H,1H3;3-5,7H,1-2H2/b;6-5+. The minimum absolute atomic E-state index is 1.20. The van der Waals surface area contributed by atoms with Crippen molar-refractivity contribution in [3.05, 3.63) is 70.9 Å². The molecular formula is C13H16Te. The Hall–Kier alpha value is -0.770. The fourth-order valence-electron chi connectivity index (χ4n) is 0.723. The van der Waals surface area contributed by atoms with E-state index < -0.39 is 0 Å². The maximum absolute atomic E-state index is 3.58. The van der Waals surface area contributed by atoms with Gasteiger partial charge in [-0.3, -0.25) is 0 Å². The Morgan fingerprint density at radius 2 is 1.79 bits per heavy atom. The van der Waals surface area contributed by atoms with E-state index in [1.807, 2.05) is 30.4 Å². The minimum Gasteiger partial charge on any atom is -0.0622 e. The van der Waals surface area contributed by atoms with Crippen molar-refractivity contribution in [1.29, 1.82) is 0 Å². The van der Waals surface area contributed by atoms with Crippen LogP contribution in [0.1, 0.15) is 5.56 Å². The molecule has 14 heavy (non-hydrogen) atoms. The zero-order chi connectivity index (χ0) is 10.8. The van der Waals surface area contributed by atoms with Gasteiger partial charge in [-0.1, -0.05) is 35.9 Å². The number of aryl methyl sites for hydroxylation is 1. The topological polar surface area (TPSA) is 0 Å². The first-order chi connectivity index (χ1) is 6.70. The van der Waals surface area contributed by atoms with E-state index in [4.69, 9.17) is 0 Å². The smallest absolute Gasteiger partial charge is 0.0398 e. The molecule has 74 valence electrons. The van der Waals surface area contributed by atoms with Crippen molar-refractivity contribution in [1.82, 2.24) is 0 Å². The summed E-state index contributed by atoms with van der Waals surface area (Å²) in [7, 11) is 0. The third-order valence-corrected chi connectivity index (χ3v) is 2.38. The number of allylic oxidation sites excluding steroid dienone is 4. The van der Waals surface area contributed by atoms with Gasteiger partial charge in [0.05, 0.1) is 0 Å². The predicted molar refractivity (Wildman–Crippen MR) is 66.8 cm³/mol. The average Bonchev–Trinajstić information content (AvgIpc) is 2.20. The second-order valence-corrected chi connectivity index (χ2v) is 4.16. The number of benzene rings is 1. The van der Waals surface area contributed by atoms with E-state index in [1.54, 1.807) is 28.4 Å². The number of hydrogen-bond acceptors (Lipinski definition) is 0. The third-order valence-electron chi connectivity index (χ3n) is 1.44. The number of hydrogen-bond donors (Lipinski definition) is 0. The summed E-state index contributed by atoms with van der Waals surface area (Å²) in [6.45, 7) is 9.19. The van der Waals surface area contributed by atoms with Crippen LogP contribution in [0.4, 0.5) is 0 Å². The van der Waals surface area contributed by atoms with Crippen molar-refractivity contribution >= 4 is 22.3 Å². The number of rotatable bonds is 2. The van der Waals surface area contributed by atoms with E-state index in [2.05, 4.69) is 32.2 Å². The van der Waals surface area contributed by atoms with E-state index >= 15 is 0 Å². The van der Waals surface area contributed by atoms with Gasteiger partial charge in [0.2, 0.25) is 0 Å². The molecule has 0 radical (unpaired) electrons. The maximum atomic E-state index is 3.58. The molecule has 0 amide bonds. The van der Waals surface area contributed by atoms with Gasteiger partial charge in [0, 0.05) is 0 Å². The van der Waals surface area contributed by atoms with E-state index in [0.29, 0.717) is 0 Å². The Kier molecular flexibility index (Phi) is 8.33. The molecular weight excluding hydrogens is 284 g/mol. The molecule has 0 saturated heterocycles. The van der Waals surface area contributed by atoms with Gasteiger partial charge in [0.15, 0.2) is 0 Å². The van der Waals surface area contributed by atoms with Crippen LogP contribution >= 0.6 is 0 Å². The summed E-state index contributed by atoms with van der Waals surface area (Å²) in [5.74, 6) is 0. The molecule has 0 fully saturated rings. The van der Waals surface area contributed by atoms with Gasteiger partial charge < -0.3 is 0 Å². The monoisotopic (exact) mass is 302 g/mol. The largest absolute Gasteiger partial charge is 0.0622 e. The van der Waals surface area contributed by atoms with Crippen LogP contribution in [0.15, 0.2) is 65.3 Å². The first kappa shape index (κ1) is 13.2. The van der Waals surface area contributed by atoms with Gasteiger partial charge in [0.1, 0.15) is 0 Å². The van der Waals surface area contributed by atoms with Crippen LogP contribution < -0.4 is 0 Å². The molecule has 0 atom stereocenters. The van der Waals surface area contributed by atoms with E-state index in [-0.39, 0.29) is 0 Å². The zero-order valence-corrected chi connectivity index (χ0v) is 11.0. The van der Waals surface area contributed by atoms with Gasteiger partial charge >= 0.3 is 57.3 Å². The van der Waals surface area contributed by atoms with Crippen molar-refractivity contribution in [2.24, 2.45) is 0 Å². The summed E-state index contributed by atoms with van der Waals surface area (Å²) in [4.78, 5) is 0. The van der Waals surface area contributed by atoms with Crippen LogP contribution in [0.3, 0.4) is 0 Å². The third kappa shape index (κ3) is 7.86. The first-order valence-electron chi connectivity index (χ1n) is 4.36. The minimum atomic E-state index is 1.20. The van der Waals surface area contributed by atoms with E-state index in [0.717, 1.165) is 0 Å². The Bertz CT molecular complexity index is 296. The molecule has 1 rings (SSSR count). The van der Waals surface area contributed by atoms with E-state index in [9.17, 15) is 0 Å². The van der Waals surface area contributed by atoms with Crippen molar-refractivity contribution in [3.63, 3.8) is 0 Å². The van der Waals surface area contributed by atoms with Crippen LogP contribution in [-0.4, -0.2) is 22.3 Å². The Morgan fingerprint density at radius 1 is 1.21 bits per heavy atom. The first-order valence-corrected chi connectivity index (χ1v) is 5.64. The van der Waals surface area contributed by atoms with Crippen LogP contribution in [0.2, 0.25) is 0 Å². The van der Waals surface area contributed by atoms with Crippen LogP contribution in [-0.2, 0) is 0 Å². The van der Waals surface area contributed by atoms with Crippen molar-refractivity contribution < 1.29 is 0 Å². The Morgan fingerprint density at radius 3 is 2.00 bits per heavy atom. The summed E-state index contributed by atoms with van der Waals surface area (Å²) in [6, 6.07) is 10.3. The SMILES string of the molecule is C=C/C=C(/[TeH])C=C.Cc1ccccc1. The molecule has 0 nitrogen and oxygen atoms in total. The summed E-state index contributed by atoms with van der Waals surface area (Å²) in [6.07, 6.45) is 5.51. The van der Waals surface area contributed by atoms with Crippen LogP contribution in [0.25, 0.3) is 0 Å². The molecule has 0 unspecified atom stereocenters. The van der Waals surface area contributed by atoms with Crippen LogP contribution in [0, 0.1) is 6.92 Å². The molecule has 1 heteroatoms. The fraction of sp³-hybridized carbons (Fsp3) is 0.0769. The molecule has 0 heterocycles. The van der Waals surface area contributed by atoms with Crippen LogP contribution in [0.5, 0.6) is 0 Å². The molecule has 0 aliphatic carbocycles. The van der Waals surface area contributed by atoms with Gasteiger partial charge in [-0.2, -0.15) is 0 Å². The zero-order valence-electron chi connectivity index (χ0n) is 8.48. The fourth-order valence-corrected chi connectivity index (χ4v) is 1.02. The Labute approximate surface area is 99.9 Å². The molecule has 0 bridgehead atoms.